The van der Waals surface area contributed by atoms with Gasteiger partial charge >= 0.3 is 0 Å². The fraction of sp³-hybridized carbons (Fsp3) is 0.611. The van der Waals surface area contributed by atoms with E-state index in [1.807, 2.05) is 12.1 Å². The number of amides is 1. The molecule has 2 fully saturated rings. The molecule has 3 rings (SSSR count). The molecule has 2 aliphatic rings. The number of rotatable bonds is 6. The number of carbonyl (C=O) groups excluding carboxylic acids is 1. The van der Waals surface area contributed by atoms with Gasteiger partial charge in [-0.05, 0) is 37.0 Å². The van der Waals surface area contributed by atoms with Crippen LogP contribution >= 0.6 is 0 Å². The van der Waals surface area contributed by atoms with Crippen molar-refractivity contribution in [3.63, 3.8) is 0 Å². The molecule has 1 N–H and O–H groups in total. The van der Waals surface area contributed by atoms with Crippen LogP contribution < -0.4 is 5.32 Å². The molecule has 6 heteroatoms. The van der Waals surface area contributed by atoms with Crippen LogP contribution in [0.4, 0.5) is 4.39 Å². The molecular formula is C18H25FN2O3. The van der Waals surface area contributed by atoms with Crippen LogP contribution in [0.1, 0.15) is 24.8 Å². The van der Waals surface area contributed by atoms with E-state index in [9.17, 15) is 9.18 Å². The third-order valence-corrected chi connectivity index (χ3v) is 4.86. The van der Waals surface area contributed by atoms with Crippen molar-refractivity contribution >= 4 is 5.91 Å². The van der Waals surface area contributed by atoms with Gasteiger partial charge < -0.3 is 14.8 Å². The minimum Gasteiger partial charge on any atom is -0.383 e. The molecule has 1 aromatic carbocycles. The Morgan fingerprint density at radius 1 is 1.33 bits per heavy atom. The SMILES string of the molecule is COCCNC(=O)[C@@H]1CC[C@H]2[C@H](CCN2Cc2ccc(F)cc2)O1. The van der Waals surface area contributed by atoms with Gasteiger partial charge in [0.1, 0.15) is 11.9 Å². The Morgan fingerprint density at radius 2 is 2.12 bits per heavy atom. The lowest BCUT2D eigenvalue weighted by Gasteiger charge is -2.35. The Kier molecular flexibility index (Phi) is 5.81. The zero-order valence-corrected chi connectivity index (χ0v) is 14.0. The number of nitrogens with one attached hydrogen (secondary N) is 1. The molecule has 24 heavy (non-hydrogen) atoms. The molecule has 0 aliphatic carbocycles. The number of nitrogens with zero attached hydrogens (tertiary/aromatic N) is 1. The van der Waals surface area contributed by atoms with E-state index in [1.165, 1.54) is 12.1 Å². The van der Waals surface area contributed by atoms with Crippen LogP contribution in [0, 0.1) is 5.82 Å². The Bertz CT molecular complexity index is 552. The predicted octanol–water partition coefficient (Wildman–Crippen LogP) is 1.71. The fourth-order valence-corrected chi connectivity index (χ4v) is 3.62. The van der Waals surface area contributed by atoms with Crippen molar-refractivity contribution in [1.82, 2.24) is 10.2 Å². The first-order valence-electron chi connectivity index (χ1n) is 8.58. The molecule has 5 nitrogen and oxygen atoms in total. The molecule has 1 aromatic rings. The molecule has 3 atom stereocenters. The fourth-order valence-electron chi connectivity index (χ4n) is 3.62. The van der Waals surface area contributed by atoms with Crippen molar-refractivity contribution in [2.45, 2.75) is 44.1 Å². The van der Waals surface area contributed by atoms with Crippen LogP contribution in [0.25, 0.3) is 0 Å². The molecule has 0 spiro atoms. The standard InChI is InChI=1S/C18H25FN2O3/c1-23-11-9-20-18(22)17-7-6-15-16(24-17)8-10-21(15)12-13-2-4-14(19)5-3-13/h2-5,15-17H,6-12H2,1H3,(H,20,22)/t15-,16-,17-/m0/s1. The molecule has 1 amide bonds. The van der Waals surface area contributed by atoms with Crippen molar-refractivity contribution in [2.75, 3.05) is 26.8 Å². The smallest absolute Gasteiger partial charge is 0.249 e. The minimum absolute atomic E-state index is 0.0394. The van der Waals surface area contributed by atoms with Crippen molar-refractivity contribution in [3.8, 4) is 0 Å². The summed E-state index contributed by atoms with van der Waals surface area (Å²) in [6.45, 7) is 2.77. The molecule has 2 aliphatic heterocycles. The van der Waals surface area contributed by atoms with Crippen LogP contribution in [0.2, 0.25) is 0 Å². The molecular weight excluding hydrogens is 311 g/mol. The molecule has 0 radical (unpaired) electrons. The number of halogens is 1. The number of hydrogen-bond donors (Lipinski definition) is 1. The number of hydrogen-bond acceptors (Lipinski definition) is 4. The van der Waals surface area contributed by atoms with Crippen LogP contribution in [-0.4, -0.2) is 55.9 Å². The van der Waals surface area contributed by atoms with Crippen molar-refractivity contribution in [2.24, 2.45) is 0 Å². The maximum atomic E-state index is 13.0. The molecule has 0 aromatic heterocycles. The zero-order valence-electron chi connectivity index (χ0n) is 14.0. The Morgan fingerprint density at radius 3 is 2.88 bits per heavy atom. The largest absolute Gasteiger partial charge is 0.383 e. The molecule has 0 saturated carbocycles. The van der Waals surface area contributed by atoms with E-state index in [0.717, 1.165) is 37.9 Å². The highest BCUT2D eigenvalue weighted by molar-refractivity contribution is 5.80. The van der Waals surface area contributed by atoms with Gasteiger partial charge in [0.15, 0.2) is 0 Å². The van der Waals surface area contributed by atoms with E-state index >= 15 is 0 Å². The summed E-state index contributed by atoms with van der Waals surface area (Å²) in [5.74, 6) is -0.246. The van der Waals surface area contributed by atoms with Crippen LogP contribution in [0.15, 0.2) is 24.3 Å². The summed E-state index contributed by atoms with van der Waals surface area (Å²) in [4.78, 5) is 14.5. The topological polar surface area (TPSA) is 50.8 Å². The van der Waals surface area contributed by atoms with Gasteiger partial charge in [0.25, 0.3) is 0 Å². The highest BCUT2D eigenvalue weighted by Gasteiger charge is 2.41. The highest BCUT2D eigenvalue weighted by atomic mass is 19.1. The lowest BCUT2D eigenvalue weighted by molar-refractivity contribution is -0.144. The lowest BCUT2D eigenvalue weighted by Crippen LogP contribution is -2.48. The average molecular weight is 336 g/mol. The van der Waals surface area contributed by atoms with Crippen LogP contribution in [0.5, 0.6) is 0 Å². The summed E-state index contributed by atoms with van der Waals surface area (Å²) in [5, 5.41) is 2.85. The second-order valence-corrected chi connectivity index (χ2v) is 6.48. The van der Waals surface area contributed by atoms with E-state index in [1.54, 1.807) is 7.11 Å². The van der Waals surface area contributed by atoms with Gasteiger partial charge in [0, 0.05) is 32.8 Å². The first kappa shape index (κ1) is 17.3. The Balaban J connectivity index is 1.51. The number of ether oxygens (including phenoxy) is 2. The molecule has 132 valence electrons. The van der Waals surface area contributed by atoms with Crippen LogP contribution in [0.3, 0.4) is 0 Å². The van der Waals surface area contributed by atoms with Crippen LogP contribution in [-0.2, 0) is 20.8 Å². The minimum atomic E-state index is -0.353. The normalized spacial score (nSPS) is 27.0. The number of fused-ring (bicyclic) bond motifs is 1. The lowest BCUT2D eigenvalue weighted by atomic mass is 9.98. The Hall–Kier alpha value is -1.50. The third kappa shape index (κ3) is 4.12. The van der Waals surface area contributed by atoms with Gasteiger partial charge in [-0.25, -0.2) is 4.39 Å². The molecule has 2 heterocycles. The first-order chi connectivity index (χ1) is 11.7. The second-order valence-electron chi connectivity index (χ2n) is 6.48. The quantitative estimate of drug-likeness (QED) is 0.804. The summed E-state index contributed by atoms with van der Waals surface area (Å²) in [6, 6.07) is 7.01. The zero-order chi connectivity index (χ0) is 16.9. The number of benzene rings is 1. The molecule has 0 unspecified atom stereocenters. The Labute approximate surface area is 142 Å². The van der Waals surface area contributed by atoms with Gasteiger partial charge in [-0.2, -0.15) is 0 Å². The molecule has 2 saturated heterocycles. The van der Waals surface area contributed by atoms with E-state index in [0.29, 0.717) is 19.2 Å². The maximum absolute atomic E-state index is 13.0. The molecule has 0 bridgehead atoms. The van der Waals surface area contributed by atoms with E-state index in [-0.39, 0.29) is 23.9 Å². The van der Waals surface area contributed by atoms with E-state index < -0.39 is 0 Å². The van der Waals surface area contributed by atoms with Gasteiger partial charge in [0.2, 0.25) is 5.91 Å². The predicted molar refractivity (Wildman–Crippen MR) is 88.0 cm³/mol. The van der Waals surface area contributed by atoms with Crippen molar-refractivity contribution in [1.29, 1.82) is 0 Å². The van der Waals surface area contributed by atoms with Gasteiger partial charge in [0.05, 0.1) is 12.7 Å². The summed E-state index contributed by atoms with van der Waals surface area (Å²) in [6.07, 6.45) is 2.38. The summed E-state index contributed by atoms with van der Waals surface area (Å²) in [7, 11) is 1.61. The van der Waals surface area contributed by atoms with Gasteiger partial charge in [-0.15, -0.1) is 0 Å². The highest BCUT2D eigenvalue weighted by Crippen LogP contribution is 2.32. The van der Waals surface area contributed by atoms with Gasteiger partial charge in [-0.3, -0.25) is 9.69 Å². The average Bonchev–Trinajstić information content (AvgIpc) is 2.99. The monoisotopic (exact) mass is 336 g/mol. The van der Waals surface area contributed by atoms with E-state index in [4.69, 9.17) is 9.47 Å². The van der Waals surface area contributed by atoms with Crippen molar-refractivity contribution < 1.29 is 18.7 Å². The number of carbonyl (C=O) groups is 1. The maximum Gasteiger partial charge on any atom is 0.249 e. The third-order valence-electron chi connectivity index (χ3n) is 4.86. The summed E-state index contributed by atoms with van der Waals surface area (Å²) < 4.78 is 24.0. The van der Waals surface area contributed by atoms with Crippen molar-refractivity contribution in [3.05, 3.63) is 35.6 Å². The van der Waals surface area contributed by atoms with Gasteiger partial charge in [-0.1, -0.05) is 12.1 Å². The summed E-state index contributed by atoms with van der Waals surface area (Å²) in [5.41, 5.74) is 1.11. The summed E-state index contributed by atoms with van der Waals surface area (Å²) >= 11 is 0. The first-order valence-corrected chi connectivity index (χ1v) is 8.58. The number of likely N-dealkylation sites (tertiary alicyclic amines) is 1. The second kappa shape index (κ2) is 8.05. The number of methoxy groups -OCH3 is 1. The van der Waals surface area contributed by atoms with E-state index in [2.05, 4.69) is 10.2 Å².